The minimum atomic E-state index is -1.17. The number of phenolic OH excluding ortho intramolecular Hbond substituents is 3. The molecule has 1 radical (unpaired) electrons. The average molecular weight is 706 g/mol. The summed E-state index contributed by atoms with van der Waals surface area (Å²) in [7, 11) is -1.17. The van der Waals surface area contributed by atoms with Gasteiger partial charge in [-0.1, -0.05) is 132 Å². The van der Waals surface area contributed by atoms with Crippen molar-refractivity contribution < 1.29 is 19.7 Å². The Morgan fingerprint density at radius 2 is 0.588 bits per heavy atom. The zero-order valence-electron chi connectivity index (χ0n) is 33.7. The van der Waals surface area contributed by atoms with Gasteiger partial charge in [0, 0.05) is 25.7 Å². The normalized spacial score (nSPS) is 14.2. The Bertz CT molecular complexity index is 1840. The minimum absolute atomic E-state index is 0.138. The molecule has 0 saturated heterocycles. The molecular weight excluding hydrogens is 645 g/mol. The van der Waals surface area contributed by atoms with Crippen molar-refractivity contribution >= 4 is 9.04 Å². The van der Waals surface area contributed by atoms with Gasteiger partial charge in [0.15, 0.2) is 0 Å². The van der Waals surface area contributed by atoms with Gasteiger partial charge in [-0.3, -0.25) is 0 Å². The maximum absolute atomic E-state index is 12.1. The number of rotatable bonds is 2. The van der Waals surface area contributed by atoms with Crippen molar-refractivity contribution in [1.29, 1.82) is 0 Å². The van der Waals surface area contributed by atoms with Crippen LogP contribution in [-0.2, 0) is 47.3 Å². The van der Waals surface area contributed by atoms with Crippen LogP contribution in [0.1, 0.15) is 150 Å². The molecule has 273 valence electrons. The number of fused-ring (bicyclic) bond motifs is 8. The van der Waals surface area contributed by atoms with E-state index in [1.165, 1.54) is 5.56 Å². The molecule has 5 rings (SSSR count). The highest BCUT2D eigenvalue weighted by atomic mass is 28.3. The Balaban J connectivity index is 1.93. The number of phenols is 3. The van der Waals surface area contributed by atoms with Crippen LogP contribution in [-0.4, -0.2) is 24.4 Å². The summed E-state index contributed by atoms with van der Waals surface area (Å²) in [6, 6.07) is 17.3. The van der Waals surface area contributed by atoms with Gasteiger partial charge < -0.3 is 19.7 Å². The standard InChI is InChI=1S/C46H61O4Si/c1-43(2,3)35-19-27-15-29-21-36(44(4,5)6)23-31(40(29)48)17-33-25-38(46(10,11)12)26-34(42(33)50-51(13)14)18-32-24-37(45(7,8)9)22-30(41(32)49)16-28(20-35)39(27)47/h19-26,47-49H,15-18H2,1-14H3. The van der Waals surface area contributed by atoms with E-state index in [0.29, 0.717) is 25.7 Å². The lowest BCUT2D eigenvalue weighted by Gasteiger charge is -2.28. The van der Waals surface area contributed by atoms with Crippen molar-refractivity contribution in [2.45, 2.75) is 144 Å². The summed E-state index contributed by atoms with van der Waals surface area (Å²) in [5.41, 5.74) is 10.8. The summed E-state index contributed by atoms with van der Waals surface area (Å²) in [6.45, 7) is 30.8. The molecule has 0 amide bonds. The highest BCUT2D eigenvalue weighted by Gasteiger charge is 2.28. The maximum Gasteiger partial charge on any atom is 0.274 e. The largest absolute Gasteiger partial charge is 0.542 e. The van der Waals surface area contributed by atoms with E-state index in [4.69, 9.17) is 4.43 Å². The van der Waals surface area contributed by atoms with Crippen molar-refractivity contribution in [1.82, 2.24) is 0 Å². The molecule has 0 atom stereocenters. The molecule has 4 aromatic carbocycles. The first-order valence-electron chi connectivity index (χ1n) is 18.5. The molecule has 0 unspecified atom stereocenters. The monoisotopic (exact) mass is 705 g/mol. The predicted molar refractivity (Wildman–Crippen MR) is 215 cm³/mol. The van der Waals surface area contributed by atoms with Crippen LogP contribution < -0.4 is 4.43 Å². The van der Waals surface area contributed by atoms with Gasteiger partial charge in [0.2, 0.25) is 0 Å². The van der Waals surface area contributed by atoms with Crippen molar-refractivity contribution in [3.8, 4) is 23.0 Å². The lowest BCUT2D eigenvalue weighted by atomic mass is 9.79. The van der Waals surface area contributed by atoms with Crippen molar-refractivity contribution in [3.63, 3.8) is 0 Å². The van der Waals surface area contributed by atoms with Gasteiger partial charge in [-0.15, -0.1) is 0 Å². The first kappa shape index (κ1) is 38.5. The third-order valence-electron chi connectivity index (χ3n) is 10.3. The van der Waals surface area contributed by atoms with Crippen LogP contribution in [0.3, 0.4) is 0 Å². The zero-order valence-corrected chi connectivity index (χ0v) is 34.7. The van der Waals surface area contributed by atoms with E-state index in [0.717, 1.165) is 66.9 Å². The fourth-order valence-corrected chi connectivity index (χ4v) is 7.66. The second-order valence-corrected chi connectivity index (χ2v) is 21.3. The highest BCUT2D eigenvalue weighted by Crippen LogP contribution is 2.43. The number of benzene rings is 4. The van der Waals surface area contributed by atoms with Gasteiger partial charge in [0.05, 0.1) is 0 Å². The predicted octanol–water partition coefficient (Wildman–Crippen LogP) is 11.3. The van der Waals surface area contributed by atoms with E-state index in [2.05, 4.69) is 145 Å². The molecule has 0 spiro atoms. The molecule has 0 fully saturated rings. The van der Waals surface area contributed by atoms with Crippen LogP contribution in [0.15, 0.2) is 48.5 Å². The second kappa shape index (κ2) is 13.4. The van der Waals surface area contributed by atoms with Crippen LogP contribution >= 0.6 is 0 Å². The van der Waals surface area contributed by atoms with Crippen molar-refractivity contribution in [2.75, 3.05) is 0 Å². The summed E-state index contributed by atoms with van der Waals surface area (Å²) < 4.78 is 6.81. The van der Waals surface area contributed by atoms with Gasteiger partial charge in [-0.25, -0.2) is 0 Å². The first-order chi connectivity index (χ1) is 23.3. The van der Waals surface area contributed by atoms with Gasteiger partial charge >= 0.3 is 0 Å². The third kappa shape index (κ3) is 8.35. The minimum Gasteiger partial charge on any atom is -0.542 e. The van der Waals surface area contributed by atoms with Crippen LogP contribution in [0.5, 0.6) is 23.0 Å². The molecule has 0 aliphatic heterocycles. The van der Waals surface area contributed by atoms with E-state index in [9.17, 15) is 15.3 Å². The third-order valence-corrected chi connectivity index (χ3v) is 11.0. The molecule has 51 heavy (non-hydrogen) atoms. The van der Waals surface area contributed by atoms with Gasteiger partial charge in [0.1, 0.15) is 23.0 Å². The smallest absolute Gasteiger partial charge is 0.274 e. The van der Waals surface area contributed by atoms with E-state index < -0.39 is 9.04 Å². The van der Waals surface area contributed by atoms with E-state index in [1.54, 1.807) is 0 Å². The molecule has 4 aromatic rings. The highest BCUT2D eigenvalue weighted by molar-refractivity contribution is 6.49. The molecule has 0 aromatic heterocycles. The van der Waals surface area contributed by atoms with Gasteiger partial charge in [-0.2, -0.15) is 0 Å². The molecule has 0 heterocycles. The summed E-state index contributed by atoms with van der Waals surface area (Å²) in [5, 5.41) is 36.3. The molecule has 1 aliphatic carbocycles. The average Bonchev–Trinajstić information content (AvgIpc) is 2.97. The summed E-state index contributed by atoms with van der Waals surface area (Å²) in [4.78, 5) is 0. The molecule has 8 bridgehead atoms. The Labute approximate surface area is 309 Å². The van der Waals surface area contributed by atoms with Crippen LogP contribution in [0.2, 0.25) is 13.1 Å². The Hall–Kier alpha value is -3.70. The lowest BCUT2D eigenvalue weighted by Crippen LogP contribution is -2.18. The first-order valence-corrected chi connectivity index (χ1v) is 20.9. The van der Waals surface area contributed by atoms with Gasteiger partial charge in [0.25, 0.3) is 9.04 Å². The Morgan fingerprint density at radius 1 is 0.392 bits per heavy atom. The number of hydrogen-bond acceptors (Lipinski definition) is 4. The Morgan fingerprint density at radius 3 is 0.784 bits per heavy atom. The SMILES string of the molecule is C[Si](C)Oc1c2cc(C(C)(C)C)cc1Cc1cc(C(C)(C)C)cc(c1O)Cc1cc(C(C)(C)C)cc(c1O)Cc1cc(C(C)(C)C)cc(c1O)C2. The molecule has 4 nitrogen and oxygen atoms in total. The Kier molecular flexibility index (Phi) is 10.1. The van der Waals surface area contributed by atoms with Gasteiger partial charge in [-0.05, 0) is 102 Å². The topological polar surface area (TPSA) is 69.9 Å². The van der Waals surface area contributed by atoms with Crippen LogP contribution in [0.4, 0.5) is 0 Å². The molecule has 1 aliphatic rings. The van der Waals surface area contributed by atoms with Crippen molar-refractivity contribution in [3.05, 3.63) is 115 Å². The number of aromatic hydroxyl groups is 3. The summed E-state index contributed by atoms with van der Waals surface area (Å²) in [5.74, 6) is 1.61. The fraction of sp³-hybridized carbons (Fsp3) is 0.478. The lowest BCUT2D eigenvalue weighted by molar-refractivity contribution is 0.452. The maximum atomic E-state index is 12.1. The summed E-state index contributed by atoms with van der Waals surface area (Å²) >= 11 is 0. The van der Waals surface area contributed by atoms with Crippen LogP contribution in [0.25, 0.3) is 0 Å². The molecular formula is C46H61O4Si. The van der Waals surface area contributed by atoms with E-state index >= 15 is 0 Å². The second-order valence-electron chi connectivity index (χ2n) is 19.3. The molecule has 5 heteroatoms. The molecule has 0 saturated carbocycles. The van der Waals surface area contributed by atoms with Crippen molar-refractivity contribution in [2.24, 2.45) is 0 Å². The van der Waals surface area contributed by atoms with E-state index in [1.807, 2.05) is 0 Å². The van der Waals surface area contributed by atoms with Crippen LogP contribution in [0, 0.1) is 0 Å². The summed E-state index contributed by atoms with van der Waals surface area (Å²) in [6.07, 6.45) is 1.72. The zero-order chi connectivity index (χ0) is 38.0. The van der Waals surface area contributed by atoms with E-state index in [-0.39, 0.29) is 38.9 Å². The fourth-order valence-electron chi connectivity index (χ4n) is 6.99. The quantitative estimate of drug-likeness (QED) is 0.160. The molecule has 3 N–H and O–H groups in total. The number of hydrogen-bond donors (Lipinski definition) is 3.